The van der Waals surface area contributed by atoms with Crippen molar-refractivity contribution in [1.29, 1.82) is 0 Å². The van der Waals surface area contributed by atoms with Crippen LogP contribution < -0.4 is 5.32 Å². The van der Waals surface area contributed by atoms with Gasteiger partial charge in [0.25, 0.3) is 0 Å². The number of aryl methyl sites for hydroxylation is 1. The number of aromatic nitrogens is 2. The molecule has 1 aromatic heterocycles. The summed E-state index contributed by atoms with van der Waals surface area (Å²) in [6.45, 7) is 3.11. The van der Waals surface area contributed by atoms with Gasteiger partial charge in [-0.2, -0.15) is 0 Å². The molecule has 0 saturated carbocycles. The maximum absolute atomic E-state index is 4.31. The molecule has 0 saturated heterocycles. The molecule has 0 amide bonds. The van der Waals surface area contributed by atoms with Crippen molar-refractivity contribution in [2.45, 2.75) is 19.4 Å². The molecular formula is C14H18BrN3. The van der Waals surface area contributed by atoms with E-state index >= 15 is 0 Å². The largest absolute Gasteiger partial charge is 0.338 e. The Bertz CT molecular complexity index is 490. The monoisotopic (exact) mass is 307 g/mol. The van der Waals surface area contributed by atoms with E-state index in [0.29, 0.717) is 6.04 Å². The van der Waals surface area contributed by atoms with Gasteiger partial charge in [-0.3, -0.25) is 0 Å². The van der Waals surface area contributed by atoms with E-state index in [2.05, 4.69) is 62.0 Å². The predicted molar refractivity (Wildman–Crippen MR) is 77.5 cm³/mol. The van der Waals surface area contributed by atoms with Gasteiger partial charge in [0.1, 0.15) is 5.82 Å². The summed E-state index contributed by atoms with van der Waals surface area (Å²) in [5.41, 5.74) is 1.30. The Hall–Kier alpha value is -1.13. The molecule has 3 nitrogen and oxygen atoms in total. The van der Waals surface area contributed by atoms with Crippen LogP contribution in [0.25, 0.3) is 0 Å². The summed E-state index contributed by atoms with van der Waals surface area (Å²) >= 11 is 3.45. The van der Waals surface area contributed by atoms with Crippen molar-refractivity contribution in [2.24, 2.45) is 7.05 Å². The summed E-state index contributed by atoms with van der Waals surface area (Å²) in [5, 5.41) is 3.52. The number of benzene rings is 1. The van der Waals surface area contributed by atoms with Gasteiger partial charge in [0, 0.05) is 42.9 Å². The van der Waals surface area contributed by atoms with Gasteiger partial charge in [-0.15, -0.1) is 0 Å². The second-order valence-electron chi connectivity index (χ2n) is 4.43. The number of halogens is 1. The smallest absolute Gasteiger partial charge is 0.109 e. The van der Waals surface area contributed by atoms with E-state index in [4.69, 9.17) is 0 Å². The highest BCUT2D eigenvalue weighted by Crippen LogP contribution is 2.16. The van der Waals surface area contributed by atoms with Gasteiger partial charge in [-0.1, -0.05) is 28.1 Å². The molecule has 0 fully saturated rings. The van der Waals surface area contributed by atoms with Gasteiger partial charge in [0.05, 0.1) is 0 Å². The molecule has 4 heteroatoms. The van der Waals surface area contributed by atoms with E-state index in [-0.39, 0.29) is 0 Å². The van der Waals surface area contributed by atoms with Gasteiger partial charge in [-0.25, -0.2) is 4.98 Å². The maximum atomic E-state index is 4.31. The summed E-state index contributed by atoms with van der Waals surface area (Å²) in [4.78, 5) is 4.31. The predicted octanol–water partition coefficient (Wildman–Crippen LogP) is 3.08. The standard InChI is InChI=1S/C14H18BrN3/c1-11(12-3-5-13(15)6-4-12)16-8-7-14-17-9-10-18(14)2/h3-6,9-11,16H,7-8H2,1-2H3. The molecular weight excluding hydrogens is 290 g/mol. The third kappa shape index (κ3) is 3.43. The lowest BCUT2D eigenvalue weighted by atomic mass is 10.1. The van der Waals surface area contributed by atoms with Crippen molar-refractivity contribution < 1.29 is 0 Å². The minimum atomic E-state index is 0.360. The van der Waals surface area contributed by atoms with Crippen LogP contribution in [0.4, 0.5) is 0 Å². The van der Waals surface area contributed by atoms with E-state index in [9.17, 15) is 0 Å². The van der Waals surface area contributed by atoms with Crippen LogP contribution in [0.2, 0.25) is 0 Å². The molecule has 1 unspecified atom stereocenters. The number of rotatable bonds is 5. The Morgan fingerprint density at radius 3 is 2.67 bits per heavy atom. The highest BCUT2D eigenvalue weighted by atomic mass is 79.9. The minimum Gasteiger partial charge on any atom is -0.338 e. The Morgan fingerprint density at radius 1 is 1.33 bits per heavy atom. The first kappa shape index (κ1) is 13.3. The van der Waals surface area contributed by atoms with Crippen LogP contribution in [0.5, 0.6) is 0 Å². The molecule has 0 radical (unpaired) electrons. The van der Waals surface area contributed by atoms with Crippen LogP contribution in [-0.4, -0.2) is 16.1 Å². The molecule has 0 aliphatic carbocycles. The Balaban J connectivity index is 1.83. The fourth-order valence-corrected chi connectivity index (χ4v) is 2.17. The molecule has 1 heterocycles. The molecule has 1 atom stereocenters. The fourth-order valence-electron chi connectivity index (χ4n) is 1.91. The number of nitrogens with zero attached hydrogens (tertiary/aromatic N) is 2. The first-order chi connectivity index (χ1) is 8.66. The lowest BCUT2D eigenvalue weighted by molar-refractivity contribution is 0.565. The zero-order valence-corrected chi connectivity index (χ0v) is 12.3. The third-order valence-electron chi connectivity index (χ3n) is 3.09. The molecule has 2 rings (SSSR count). The minimum absolute atomic E-state index is 0.360. The van der Waals surface area contributed by atoms with E-state index in [0.717, 1.165) is 23.3 Å². The van der Waals surface area contributed by atoms with Crippen LogP contribution in [0, 0.1) is 0 Å². The van der Waals surface area contributed by atoms with E-state index < -0.39 is 0 Å². The van der Waals surface area contributed by atoms with Gasteiger partial charge in [-0.05, 0) is 24.6 Å². The molecule has 1 aromatic carbocycles. The zero-order valence-electron chi connectivity index (χ0n) is 10.7. The Kier molecular flexibility index (Phi) is 4.55. The van der Waals surface area contributed by atoms with E-state index in [1.54, 1.807) is 0 Å². The normalized spacial score (nSPS) is 12.6. The van der Waals surface area contributed by atoms with E-state index in [1.807, 2.05) is 19.4 Å². The van der Waals surface area contributed by atoms with Gasteiger partial charge in [0.2, 0.25) is 0 Å². The second-order valence-corrected chi connectivity index (χ2v) is 5.35. The number of imidazole rings is 1. The summed E-state index contributed by atoms with van der Waals surface area (Å²) in [7, 11) is 2.03. The highest BCUT2D eigenvalue weighted by Gasteiger charge is 2.05. The lowest BCUT2D eigenvalue weighted by Gasteiger charge is -2.14. The average molecular weight is 308 g/mol. The first-order valence-corrected chi connectivity index (χ1v) is 6.91. The van der Waals surface area contributed by atoms with Crippen molar-refractivity contribution in [1.82, 2.24) is 14.9 Å². The van der Waals surface area contributed by atoms with Crippen molar-refractivity contribution >= 4 is 15.9 Å². The van der Waals surface area contributed by atoms with E-state index in [1.165, 1.54) is 5.56 Å². The zero-order chi connectivity index (χ0) is 13.0. The highest BCUT2D eigenvalue weighted by molar-refractivity contribution is 9.10. The lowest BCUT2D eigenvalue weighted by Crippen LogP contribution is -2.22. The third-order valence-corrected chi connectivity index (χ3v) is 3.62. The van der Waals surface area contributed by atoms with Crippen LogP contribution in [0.3, 0.4) is 0 Å². The molecule has 1 N–H and O–H groups in total. The SMILES string of the molecule is CC(NCCc1nccn1C)c1ccc(Br)cc1. The first-order valence-electron chi connectivity index (χ1n) is 6.12. The Labute approximate surface area is 116 Å². The molecule has 0 spiro atoms. The van der Waals surface area contributed by atoms with Crippen molar-refractivity contribution in [3.8, 4) is 0 Å². The summed E-state index contributed by atoms with van der Waals surface area (Å²) in [6.07, 6.45) is 4.77. The van der Waals surface area contributed by atoms with Crippen molar-refractivity contribution in [3.05, 3.63) is 52.5 Å². The van der Waals surface area contributed by atoms with Gasteiger partial charge < -0.3 is 9.88 Å². The quantitative estimate of drug-likeness (QED) is 0.920. The molecule has 2 aromatic rings. The van der Waals surface area contributed by atoms with Crippen LogP contribution in [0.15, 0.2) is 41.1 Å². The fraction of sp³-hybridized carbons (Fsp3) is 0.357. The molecule has 96 valence electrons. The Morgan fingerprint density at radius 2 is 2.06 bits per heavy atom. The summed E-state index contributed by atoms with van der Waals surface area (Å²) < 4.78 is 3.18. The van der Waals surface area contributed by atoms with Gasteiger partial charge in [0.15, 0.2) is 0 Å². The summed E-state index contributed by atoms with van der Waals surface area (Å²) in [6, 6.07) is 8.79. The van der Waals surface area contributed by atoms with Crippen molar-refractivity contribution in [3.63, 3.8) is 0 Å². The number of hydrogen-bond acceptors (Lipinski definition) is 2. The van der Waals surface area contributed by atoms with Crippen LogP contribution >= 0.6 is 15.9 Å². The maximum Gasteiger partial charge on any atom is 0.109 e. The number of hydrogen-bond donors (Lipinski definition) is 1. The molecule has 18 heavy (non-hydrogen) atoms. The summed E-state index contributed by atoms with van der Waals surface area (Å²) in [5.74, 6) is 1.12. The molecule has 0 aliphatic rings. The average Bonchev–Trinajstić information content (AvgIpc) is 2.76. The van der Waals surface area contributed by atoms with Crippen LogP contribution in [-0.2, 0) is 13.5 Å². The van der Waals surface area contributed by atoms with Gasteiger partial charge >= 0.3 is 0 Å². The topological polar surface area (TPSA) is 29.9 Å². The second kappa shape index (κ2) is 6.16. The number of nitrogens with one attached hydrogen (secondary N) is 1. The molecule has 0 aliphatic heterocycles. The molecule has 0 bridgehead atoms. The van der Waals surface area contributed by atoms with Crippen molar-refractivity contribution in [2.75, 3.05) is 6.54 Å². The van der Waals surface area contributed by atoms with Crippen LogP contribution in [0.1, 0.15) is 24.4 Å².